The predicted molar refractivity (Wildman–Crippen MR) is 76.1 cm³/mol. The van der Waals surface area contributed by atoms with Crippen molar-refractivity contribution >= 4 is 15.9 Å². The van der Waals surface area contributed by atoms with Crippen LogP contribution in [0.5, 0.6) is 0 Å². The highest BCUT2D eigenvalue weighted by molar-refractivity contribution is 7.90. The molecule has 0 aromatic carbocycles. The van der Waals surface area contributed by atoms with Crippen LogP contribution < -0.4 is 10.0 Å². The molecule has 0 saturated carbocycles. The van der Waals surface area contributed by atoms with Crippen LogP contribution in [0.4, 0.5) is 5.69 Å². The largest absolute Gasteiger partial charge is 0.314 e. The number of hydrogen-bond donors (Lipinski definition) is 2. The molecule has 0 saturated heterocycles. The second-order valence-electron chi connectivity index (χ2n) is 4.79. The molecule has 1 rings (SSSR count). The molecule has 1 aromatic rings. The first-order valence-electron chi connectivity index (χ1n) is 6.27. The first-order valence-corrected chi connectivity index (χ1v) is 7.71. The average molecular weight is 289 g/mol. The fourth-order valence-corrected chi connectivity index (χ4v) is 2.44. The molecule has 0 atom stereocenters. The highest BCUT2D eigenvalue weighted by atomic mass is 32.2. The summed E-state index contributed by atoms with van der Waals surface area (Å²) in [5, 5.41) is 7.17. The van der Waals surface area contributed by atoms with E-state index in [4.69, 9.17) is 0 Å². The molecular formula is C11H23N5O2S. The van der Waals surface area contributed by atoms with Crippen LogP contribution in [0.15, 0.2) is 12.4 Å². The van der Waals surface area contributed by atoms with Crippen LogP contribution in [-0.2, 0) is 17.3 Å². The Kier molecular flexibility index (Phi) is 5.77. The SMILES string of the molecule is CC(C)NCCCN(C)S(=O)(=O)Nc1cnn(C)c1. The van der Waals surface area contributed by atoms with Crippen LogP contribution >= 0.6 is 0 Å². The smallest absolute Gasteiger partial charge is 0.301 e. The van der Waals surface area contributed by atoms with E-state index in [1.165, 1.54) is 10.5 Å². The van der Waals surface area contributed by atoms with Crippen LogP contribution in [0, 0.1) is 0 Å². The van der Waals surface area contributed by atoms with E-state index in [-0.39, 0.29) is 0 Å². The van der Waals surface area contributed by atoms with Crippen LogP contribution in [0.3, 0.4) is 0 Å². The van der Waals surface area contributed by atoms with E-state index >= 15 is 0 Å². The van der Waals surface area contributed by atoms with Gasteiger partial charge in [-0.15, -0.1) is 0 Å². The highest BCUT2D eigenvalue weighted by Crippen LogP contribution is 2.08. The van der Waals surface area contributed by atoms with E-state index in [0.29, 0.717) is 18.3 Å². The number of aryl methyl sites for hydroxylation is 1. The van der Waals surface area contributed by atoms with Gasteiger partial charge >= 0.3 is 10.2 Å². The molecule has 0 aliphatic carbocycles. The van der Waals surface area contributed by atoms with E-state index in [9.17, 15) is 8.42 Å². The summed E-state index contributed by atoms with van der Waals surface area (Å²) in [5.41, 5.74) is 0.467. The number of aromatic nitrogens is 2. The maximum absolute atomic E-state index is 12.0. The molecule has 0 unspecified atom stereocenters. The third-order valence-electron chi connectivity index (χ3n) is 2.56. The summed E-state index contributed by atoms with van der Waals surface area (Å²) >= 11 is 0. The first kappa shape index (κ1) is 15.9. The third-order valence-corrected chi connectivity index (χ3v) is 4.06. The van der Waals surface area contributed by atoms with Crippen molar-refractivity contribution in [3.63, 3.8) is 0 Å². The minimum atomic E-state index is -3.50. The molecule has 1 aromatic heterocycles. The summed E-state index contributed by atoms with van der Waals surface area (Å²) in [5.74, 6) is 0. The Morgan fingerprint density at radius 2 is 2.16 bits per heavy atom. The molecule has 0 amide bonds. The monoisotopic (exact) mass is 289 g/mol. The standard InChI is InChI=1S/C11H23N5O2S/c1-10(2)12-6-5-7-16(4)19(17,18)14-11-8-13-15(3)9-11/h8-10,12,14H,5-7H2,1-4H3. The number of rotatable bonds is 8. The lowest BCUT2D eigenvalue weighted by Crippen LogP contribution is -2.35. The van der Waals surface area contributed by atoms with Crippen molar-refractivity contribution in [3.05, 3.63) is 12.4 Å². The Morgan fingerprint density at radius 3 is 2.68 bits per heavy atom. The van der Waals surface area contributed by atoms with Crippen LogP contribution in [0.25, 0.3) is 0 Å². The molecule has 2 N–H and O–H groups in total. The lowest BCUT2D eigenvalue weighted by atomic mass is 10.3. The van der Waals surface area contributed by atoms with Crippen molar-refractivity contribution in [1.29, 1.82) is 0 Å². The zero-order chi connectivity index (χ0) is 14.5. The van der Waals surface area contributed by atoms with Gasteiger partial charge in [-0.3, -0.25) is 9.40 Å². The van der Waals surface area contributed by atoms with Gasteiger partial charge in [0.05, 0.1) is 11.9 Å². The zero-order valence-electron chi connectivity index (χ0n) is 11.9. The van der Waals surface area contributed by atoms with Gasteiger partial charge in [0.1, 0.15) is 0 Å². The van der Waals surface area contributed by atoms with Gasteiger partial charge < -0.3 is 5.32 Å². The third kappa shape index (κ3) is 5.58. The van der Waals surface area contributed by atoms with Gasteiger partial charge in [-0.1, -0.05) is 13.8 Å². The summed E-state index contributed by atoms with van der Waals surface area (Å²) in [6.07, 6.45) is 3.86. The first-order chi connectivity index (χ1) is 8.81. The summed E-state index contributed by atoms with van der Waals surface area (Å²) in [4.78, 5) is 0. The molecule has 8 heteroatoms. The fourth-order valence-electron chi connectivity index (χ4n) is 1.51. The molecule has 0 aliphatic heterocycles. The predicted octanol–water partition coefficient (Wildman–Crippen LogP) is 0.397. The topological polar surface area (TPSA) is 79.3 Å². The molecule has 0 spiro atoms. The molecule has 1 heterocycles. The maximum Gasteiger partial charge on any atom is 0.301 e. The van der Waals surface area contributed by atoms with E-state index in [1.54, 1.807) is 25.0 Å². The second-order valence-corrected chi connectivity index (χ2v) is 6.57. The molecule has 0 radical (unpaired) electrons. The Bertz CT molecular complexity index is 483. The van der Waals surface area contributed by atoms with E-state index in [0.717, 1.165) is 13.0 Å². The molecule has 19 heavy (non-hydrogen) atoms. The molecule has 0 fully saturated rings. The van der Waals surface area contributed by atoms with Gasteiger partial charge in [0.25, 0.3) is 0 Å². The Balaban J connectivity index is 2.43. The molecule has 110 valence electrons. The summed E-state index contributed by atoms with van der Waals surface area (Å²) < 4.78 is 29.3. The summed E-state index contributed by atoms with van der Waals surface area (Å²) in [6, 6.07) is 0.412. The van der Waals surface area contributed by atoms with Gasteiger partial charge in [0.15, 0.2) is 0 Å². The summed E-state index contributed by atoms with van der Waals surface area (Å²) in [6.45, 7) is 5.38. The second kappa shape index (κ2) is 6.88. The van der Waals surface area contributed by atoms with Crippen molar-refractivity contribution in [1.82, 2.24) is 19.4 Å². The van der Waals surface area contributed by atoms with Crippen LogP contribution in [-0.4, -0.2) is 48.7 Å². The van der Waals surface area contributed by atoms with E-state index in [2.05, 4.69) is 29.0 Å². The minimum absolute atomic E-state index is 0.412. The van der Waals surface area contributed by atoms with Crippen molar-refractivity contribution in [2.24, 2.45) is 7.05 Å². The quantitative estimate of drug-likeness (QED) is 0.679. The lowest BCUT2D eigenvalue weighted by molar-refractivity contribution is 0.451. The van der Waals surface area contributed by atoms with Crippen molar-refractivity contribution in [2.75, 3.05) is 24.9 Å². The summed E-state index contributed by atoms with van der Waals surface area (Å²) in [7, 11) is -0.200. The van der Waals surface area contributed by atoms with Gasteiger partial charge in [-0.25, -0.2) is 0 Å². The number of hydrogen-bond acceptors (Lipinski definition) is 4. The number of nitrogens with zero attached hydrogens (tertiary/aromatic N) is 3. The molecule has 0 aliphatic rings. The normalized spacial score (nSPS) is 12.3. The molecule has 7 nitrogen and oxygen atoms in total. The molecule has 0 bridgehead atoms. The Hall–Kier alpha value is -1.12. The van der Waals surface area contributed by atoms with Gasteiger partial charge in [-0.2, -0.15) is 17.8 Å². The maximum atomic E-state index is 12.0. The molecular weight excluding hydrogens is 266 g/mol. The van der Waals surface area contributed by atoms with Crippen molar-refractivity contribution < 1.29 is 8.42 Å². The van der Waals surface area contributed by atoms with Crippen molar-refractivity contribution in [3.8, 4) is 0 Å². The fraction of sp³-hybridized carbons (Fsp3) is 0.727. The van der Waals surface area contributed by atoms with Crippen LogP contribution in [0.1, 0.15) is 20.3 Å². The van der Waals surface area contributed by atoms with E-state index in [1.807, 2.05) is 0 Å². The highest BCUT2D eigenvalue weighted by Gasteiger charge is 2.17. The minimum Gasteiger partial charge on any atom is -0.314 e. The van der Waals surface area contributed by atoms with E-state index < -0.39 is 10.2 Å². The lowest BCUT2D eigenvalue weighted by Gasteiger charge is -2.18. The zero-order valence-corrected chi connectivity index (χ0v) is 12.7. The van der Waals surface area contributed by atoms with Gasteiger partial charge in [0.2, 0.25) is 0 Å². The number of anilines is 1. The van der Waals surface area contributed by atoms with Gasteiger partial charge in [0, 0.05) is 32.9 Å². The Labute approximate surface area is 115 Å². The van der Waals surface area contributed by atoms with Crippen molar-refractivity contribution in [2.45, 2.75) is 26.3 Å². The van der Waals surface area contributed by atoms with Gasteiger partial charge in [-0.05, 0) is 13.0 Å². The van der Waals surface area contributed by atoms with Crippen LogP contribution in [0.2, 0.25) is 0 Å². The number of nitrogens with one attached hydrogen (secondary N) is 2. The average Bonchev–Trinajstić information content (AvgIpc) is 2.68. The Morgan fingerprint density at radius 1 is 1.47 bits per heavy atom.